The summed E-state index contributed by atoms with van der Waals surface area (Å²) in [5.41, 5.74) is 0.896. The van der Waals surface area contributed by atoms with E-state index in [4.69, 9.17) is 4.74 Å². The van der Waals surface area contributed by atoms with Crippen molar-refractivity contribution < 1.29 is 19.1 Å². The van der Waals surface area contributed by atoms with Crippen molar-refractivity contribution in [2.75, 3.05) is 11.9 Å². The monoisotopic (exact) mass is 389 g/mol. The van der Waals surface area contributed by atoms with E-state index < -0.39 is 11.7 Å². The average molecular weight is 389 g/mol. The minimum atomic E-state index is -0.638. The highest BCUT2D eigenvalue weighted by atomic mass is 16.6. The summed E-state index contributed by atoms with van der Waals surface area (Å²) in [5, 5.41) is 8.09. The van der Waals surface area contributed by atoms with Crippen LogP contribution in [0.2, 0.25) is 0 Å². The molecule has 1 aliphatic rings. The smallest absolute Gasteiger partial charge is 0.408 e. The Balaban J connectivity index is 1.74. The number of anilines is 1. The molecule has 1 saturated carbocycles. The van der Waals surface area contributed by atoms with Gasteiger partial charge < -0.3 is 20.7 Å². The maximum Gasteiger partial charge on any atom is 0.408 e. The third kappa shape index (κ3) is 8.41. The molecule has 1 aromatic rings. The number of ether oxygens (including phenoxy) is 1. The fraction of sp³-hybridized carbons (Fsp3) is 0.571. The van der Waals surface area contributed by atoms with Crippen molar-refractivity contribution in [2.24, 2.45) is 5.92 Å². The van der Waals surface area contributed by atoms with Gasteiger partial charge >= 0.3 is 6.09 Å². The van der Waals surface area contributed by atoms with Crippen LogP contribution in [0.15, 0.2) is 24.3 Å². The van der Waals surface area contributed by atoms with Crippen LogP contribution < -0.4 is 16.0 Å². The number of carbonyl (C=O) groups is 3. The fourth-order valence-electron chi connectivity index (χ4n) is 3.18. The summed E-state index contributed by atoms with van der Waals surface area (Å²) >= 11 is 0. The van der Waals surface area contributed by atoms with Crippen LogP contribution >= 0.6 is 0 Å². The SMILES string of the molecule is CC(C)(C)OC(=O)NCC(=O)Nc1cccc(CNC(=O)CC2CCCC2)c1. The van der Waals surface area contributed by atoms with Crippen LogP contribution in [0.25, 0.3) is 0 Å². The maximum absolute atomic E-state index is 12.1. The lowest BCUT2D eigenvalue weighted by molar-refractivity contribution is -0.122. The molecule has 1 fully saturated rings. The van der Waals surface area contributed by atoms with Crippen LogP contribution in [0.4, 0.5) is 10.5 Å². The topological polar surface area (TPSA) is 96.5 Å². The van der Waals surface area contributed by atoms with Gasteiger partial charge in [0.2, 0.25) is 11.8 Å². The number of hydrogen-bond acceptors (Lipinski definition) is 4. The van der Waals surface area contributed by atoms with Crippen molar-refractivity contribution in [3.05, 3.63) is 29.8 Å². The Morgan fingerprint density at radius 2 is 1.79 bits per heavy atom. The summed E-state index contributed by atoms with van der Waals surface area (Å²) in [6.45, 7) is 5.50. The lowest BCUT2D eigenvalue weighted by Gasteiger charge is -2.19. The molecule has 3 amide bonds. The van der Waals surface area contributed by atoms with E-state index in [1.807, 2.05) is 12.1 Å². The lowest BCUT2D eigenvalue weighted by Crippen LogP contribution is -2.37. The summed E-state index contributed by atoms with van der Waals surface area (Å²) in [6.07, 6.45) is 4.69. The minimum absolute atomic E-state index is 0.0721. The zero-order valence-electron chi connectivity index (χ0n) is 17.0. The molecular weight excluding hydrogens is 358 g/mol. The molecular formula is C21H31N3O4. The first-order valence-corrected chi connectivity index (χ1v) is 9.83. The molecule has 3 N–H and O–H groups in total. The van der Waals surface area contributed by atoms with Gasteiger partial charge in [0.05, 0.1) is 0 Å². The molecule has 1 aromatic carbocycles. The normalized spacial score (nSPS) is 14.4. The van der Waals surface area contributed by atoms with Crippen molar-refractivity contribution in [3.63, 3.8) is 0 Å². The van der Waals surface area contributed by atoms with Crippen LogP contribution in [-0.4, -0.2) is 30.1 Å². The summed E-state index contributed by atoms with van der Waals surface area (Å²) in [4.78, 5) is 35.6. The van der Waals surface area contributed by atoms with E-state index in [0.29, 0.717) is 24.6 Å². The molecule has 0 aliphatic heterocycles. The van der Waals surface area contributed by atoms with Crippen molar-refractivity contribution in [1.82, 2.24) is 10.6 Å². The quantitative estimate of drug-likeness (QED) is 0.666. The molecule has 7 heteroatoms. The van der Waals surface area contributed by atoms with Gasteiger partial charge in [-0.3, -0.25) is 9.59 Å². The number of nitrogens with one attached hydrogen (secondary N) is 3. The Labute approximate surface area is 166 Å². The number of amides is 3. The standard InChI is InChI=1S/C21H31N3O4/c1-21(2,3)28-20(27)23-14-19(26)24-17-10-6-9-16(11-17)13-22-18(25)12-15-7-4-5-8-15/h6,9-11,15H,4-5,7-8,12-14H2,1-3H3,(H,22,25)(H,23,27)(H,24,26). The van der Waals surface area contributed by atoms with Gasteiger partial charge in [0.1, 0.15) is 12.1 Å². The van der Waals surface area contributed by atoms with E-state index in [0.717, 1.165) is 18.4 Å². The Morgan fingerprint density at radius 1 is 1.07 bits per heavy atom. The number of carbonyl (C=O) groups excluding carboxylic acids is 3. The Bertz CT molecular complexity index is 691. The number of alkyl carbamates (subject to hydrolysis) is 1. The summed E-state index contributed by atoms with van der Waals surface area (Å²) in [7, 11) is 0. The third-order valence-corrected chi connectivity index (χ3v) is 4.44. The molecule has 0 radical (unpaired) electrons. The molecule has 0 atom stereocenters. The van der Waals surface area contributed by atoms with Gasteiger partial charge in [-0.05, 0) is 57.2 Å². The molecule has 7 nitrogen and oxygen atoms in total. The van der Waals surface area contributed by atoms with E-state index >= 15 is 0 Å². The molecule has 0 saturated heterocycles. The molecule has 1 aliphatic carbocycles. The van der Waals surface area contributed by atoms with Crippen LogP contribution in [0, 0.1) is 5.92 Å². The molecule has 154 valence electrons. The predicted octanol–water partition coefficient (Wildman–Crippen LogP) is 3.35. The number of benzene rings is 1. The third-order valence-electron chi connectivity index (χ3n) is 4.44. The van der Waals surface area contributed by atoms with Crippen LogP contribution in [0.1, 0.15) is 58.4 Å². The molecule has 0 heterocycles. The van der Waals surface area contributed by atoms with Gasteiger partial charge in [-0.1, -0.05) is 25.0 Å². The van der Waals surface area contributed by atoms with E-state index in [-0.39, 0.29) is 18.4 Å². The molecule has 0 unspecified atom stereocenters. The van der Waals surface area contributed by atoms with E-state index in [9.17, 15) is 14.4 Å². The van der Waals surface area contributed by atoms with Gasteiger partial charge in [0.15, 0.2) is 0 Å². The molecule has 0 bridgehead atoms. The second kappa shape index (κ2) is 10.1. The van der Waals surface area contributed by atoms with Gasteiger partial charge in [-0.2, -0.15) is 0 Å². The predicted molar refractivity (Wildman–Crippen MR) is 108 cm³/mol. The first kappa shape index (κ1) is 21.7. The van der Waals surface area contributed by atoms with E-state index in [1.54, 1.807) is 32.9 Å². The zero-order valence-corrected chi connectivity index (χ0v) is 17.0. The first-order valence-electron chi connectivity index (χ1n) is 9.83. The summed E-state index contributed by atoms with van der Waals surface area (Å²) < 4.78 is 5.09. The average Bonchev–Trinajstić information content (AvgIpc) is 3.10. The summed E-state index contributed by atoms with van der Waals surface area (Å²) in [6, 6.07) is 7.27. The van der Waals surface area contributed by atoms with Crippen molar-refractivity contribution in [1.29, 1.82) is 0 Å². The second-order valence-electron chi connectivity index (χ2n) is 8.24. The van der Waals surface area contributed by atoms with Crippen molar-refractivity contribution in [2.45, 2.75) is 65.0 Å². The number of rotatable bonds is 7. The largest absolute Gasteiger partial charge is 0.444 e. The van der Waals surface area contributed by atoms with Gasteiger partial charge in [-0.15, -0.1) is 0 Å². The van der Waals surface area contributed by atoms with Crippen LogP contribution in [0.3, 0.4) is 0 Å². The Kier molecular flexibility index (Phi) is 7.84. The second-order valence-corrected chi connectivity index (χ2v) is 8.24. The number of hydrogen-bond donors (Lipinski definition) is 3. The molecule has 0 spiro atoms. The van der Waals surface area contributed by atoms with E-state index in [1.165, 1.54) is 12.8 Å². The minimum Gasteiger partial charge on any atom is -0.444 e. The Hall–Kier alpha value is -2.57. The van der Waals surface area contributed by atoms with Crippen LogP contribution in [-0.2, 0) is 20.9 Å². The maximum atomic E-state index is 12.1. The van der Waals surface area contributed by atoms with Gasteiger partial charge in [-0.25, -0.2) is 4.79 Å². The highest BCUT2D eigenvalue weighted by Gasteiger charge is 2.18. The first-order chi connectivity index (χ1) is 13.2. The van der Waals surface area contributed by atoms with Gasteiger partial charge in [0.25, 0.3) is 0 Å². The highest BCUT2D eigenvalue weighted by Crippen LogP contribution is 2.27. The molecule has 2 rings (SSSR count). The lowest BCUT2D eigenvalue weighted by atomic mass is 10.0. The molecule has 0 aromatic heterocycles. The van der Waals surface area contributed by atoms with Crippen molar-refractivity contribution in [3.8, 4) is 0 Å². The zero-order chi connectivity index (χ0) is 20.6. The van der Waals surface area contributed by atoms with Crippen LogP contribution in [0.5, 0.6) is 0 Å². The highest BCUT2D eigenvalue weighted by molar-refractivity contribution is 5.93. The fourth-order valence-corrected chi connectivity index (χ4v) is 3.18. The molecule has 28 heavy (non-hydrogen) atoms. The van der Waals surface area contributed by atoms with Gasteiger partial charge in [0, 0.05) is 18.7 Å². The summed E-state index contributed by atoms with van der Waals surface area (Å²) in [5.74, 6) is 0.235. The van der Waals surface area contributed by atoms with E-state index in [2.05, 4.69) is 16.0 Å². The Morgan fingerprint density at radius 3 is 2.46 bits per heavy atom. The van der Waals surface area contributed by atoms with Crippen molar-refractivity contribution >= 4 is 23.6 Å².